The van der Waals surface area contributed by atoms with Gasteiger partial charge >= 0.3 is 0 Å². The smallest absolute Gasteiger partial charge is 0.220 e. The van der Waals surface area contributed by atoms with Crippen molar-refractivity contribution in [1.82, 2.24) is 10.2 Å². The molecule has 4 nitrogen and oxygen atoms in total. The first kappa shape index (κ1) is 17.3. The van der Waals surface area contributed by atoms with Crippen LogP contribution in [0.3, 0.4) is 0 Å². The lowest BCUT2D eigenvalue weighted by Gasteiger charge is -2.34. The highest BCUT2D eigenvalue weighted by molar-refractivity contribution is 5.79. The van der Waals surface area contributed by atoms with Crippen LogP contribution in [0.2, 0.25) is 0 Å². The number of rotatable bonds is 5. The first-order valence-electron chi connectivity index (χ1n) is 9.25. The van der Waals surface area contributed by atoms with Crippen LogP contribution in [0.15, 0.2) is 12.1 Å². The van der Waals surface area contributed by atoms with Crippen LogP contribution in [0, 0.1) is 12.8 Å². The number of hydrogen-bond donors (Lipinski definition) is 1. The van der Waals surface area contributed by atoms with Gasteiger partial charge in [-0.05, 0) is 48.9 Å². The van der Waals surface area contributed by atoms with Crippen LogP contribution in [0.4, 0.5) is 0 Å². The highest BCUT2D eigenvalue weighted by atomic mass is 16.5. The number of nitrogens with one attached hydrogen (secondary N) is 1. The van der Waals surface area contributed by atoms with Gasteiger partial charge in [-0.2, -0.15) is 0 Å². The van der Waals surface area contributed by atoms with Crippen molar-refractivity contribution >= 4 is 5.91 Å². The molecule has 0 aromatic heterocycles. The second kappa shape index (κ2) is 7.14. The molecule has 2 aliphatic rings. The van der Waals surface area contributed by atoms with Crippen LogP contribution in [0.1, 0.15) is 56.2 Å². The predicted octanol–water partition coefficient (Wildman–Crippen LogP) is 3.23. The Bertz CT molecular complexity index is 612. The third kappa shape index (κ3) is 3.59. The summed E-state index contributed by atoms with van der Waals surface area (Å²) in [7, 11) is 0. The average molecular weight is 330 g/mol. The van der Waals surface area contributed by atoms with E-state index in [0.717, 1.165) is 31.8 Å². The average Bonchev–Trinajstić information content (AvgIpc) is 2.89. The van der Waals surface area contributed by atoms with Crippen LogP contribution in [-0.4, -0.2) is 36.5 Å². The molecule has 1 amide bonds. The summed E-state index contributed by atoms with van der Waals surface area (Å²) in [5.74, 6) is 2.19. The van der Waals surface area contributed by atoms with E-state index in [1.54, 1.807) is 0 Å². The molecule has 0 radical (unpaired) electrons. The maximum absolute atomic E-state index is 11.6. The van der Waals surface area contributed by atoms with Crippen molar-refractivity contribution in [3.05, 3.63) is 28.8 Å². The van der Waals surface area contributed by atoms with E-state index in [1.807, 2.05) is 6.92 Å². The number of aryl methyl sites for hydroxylation is 1. The second-order valence-corrected chi connectivity index (χ2v) is 7.57. The molecule has 3 rings (SSSR count). The third-order valence-corrected chi connectivity index (χ3v) is 5.40. The summed E-state index contributed by atoms with van der Waals surface area (Å²) in [6.07, 6.45) is 1.77. The minimum Gasteiger partial charge on any atom is -0.494 e. The van der Waals surface area contributed by atoms with Crippen molar-refractivity contribution in [1.29, 1.82) is 0 Å². The van der Waals surface area contributed by atoms with Gasteiger partial charge in [0.1, 0.15) is 5.75 Å². The molecular weight excluding hydrogens is 300 g/mol. The summed E-state index contributed by atoms with van der Waals surface area (Å²) in [6.45, 7) is 12.4. The minimum atomic E-state index is 0.228. The normalized spacial score (nSPS) is 24.1. The molecule has 0 saturated carbocycles. The van der Waals surface area contributed by atoms with Crippen LogP contribution < -0.4 is 10.1 Å². The van der Waals surface area contributed by atoms with Crippen LogP contribution >= 0.6 is 0 Å². The maximum Gasteiger partial charge on any atom is 0.220 e. The fourth-order valence-corrected chi connectivity index (χ4v) is 4.04. The summed E-state index contributed by atoms with van der Waals surface area (Å²) in [6, 6.07) is 4.93. The van der Waals surface area contributed by atoms with Crippen LogP contribution in [-0.2, 0) is 11.3 Å². The zero-order valence-electron chi connectivity index (χ0n) is 15.4. The zero-order valence-corrected chi connectivity index (χ0v) is 15.4. The maximum atomic E-state index is 11.6. The standard InChI is InChI=1S/C20H30N2O2/c1-5-24-19-8-14(4)15(9-17(19)13(2)3)11-22-7-6-18-16(12-22)10-20(23)21-18/h8-9,13,16,18H,5-7,10-12H2,1-4H3,(H,21,23)/t16-,18+/m1/s1. The molecule has 2 atom stereocenters. The molecule has 2 heterocycles. The van der Waals surface area contributed by atoms with Gasteiger partial charge in [0.15, 0.2) is 0 Å². The van der Waals surface area contributed by atoms with Gasteiger partial charge in [0.2, 0.25) is 5.91 Å². The number of carbonyl (C=O) groups excluding carboxylic acids is 1. The van der Waals surface area contributed by atoms with E-state index in [1.165, 1.54) is 16.7 Å². The number of nitrogens with zero attached hydrogens (tertiary/aromatic N) is 1. The van der Waals surface area contributed by atoms with Gasteiger partial charge in [0.05, 0.1) is 6.61 Å². The lowest BCUT2D eigenvalue weighted by molar-refractivity contribution is -0.119. The first-order valence-corrected chi connectivity index (χ1v) is 9.25. The molecule has 132 valence electrons. The van der Waals surface area contributed by atoms with Crippen molar-refractivity contribution < 1.29 is 9.53 Å². The molecule has 1 N–H and O–H groups in total. The highest BCUT2D eigenvalue weighted by Gasteiger charge is 2.36. The monoisotopic (exact) mass is 330 g/mol. The van der Waals surface area contributed by atoms with Gasteiger partial charge in [-0.15, -0.1) is 0 Å². The molecule has 2 fully saturated rings. The number of benzene rings is 1. The third-order valence-electron chi connectivity index (χ3n) is 5.40. The summed E-state index contributed by atoms with van der Waals surface area (Å²) < 4.78 is 5.83. The SMILES string of the molecule is CCOc1cc(C)c(CN2CC[C@@H]3NC(=O)C[C@@H]3C2)cc1C(C)C. The number of ether oxygens (including phenoxy) is 1. The predicted molar refractivity (Wildman–Crippen MR) is 96.4 cm³/mol. The summed E-state index contributed by atoms with van der Waals surface area (Å²) in [5, 5.41) is 3.12. The van der Waals surface area contributed by atoms with Gasteiger partial charge in [0.25, 0.3) is 0 Å². The molecule has 0 unspecified atom stereocenters. The molecule has 24 heavy (non-hydrogen) atoms. The van der Waals surface area contributed by atoms with Crippen molar-refractivity contribution in [2.24, 2.45) is 5.92 Å². The first-order chi connectivity index (χ1) is 11.5. The summed E-state index contributed by atoms with van der Waals surface area (Å²) in [4.78, 5) is 14.1. The van der Waals surface area contributed by atoms with Crippen molar-refractivity contribution in [3.8, 4) is 5.75 Å². The number of piperidine rings is 1. The van der Waals surface area contributed by atoms with E-state index in [-0.39, 0.29) is 5.91 Å². The Balaban J connectivity index is 1.75. The van der Waals surface area contributed by atoms with E-state index in [9.17, 15) is 4.79 Å². The quantitative estimate of drug-likeness (QED) is 0.901. The Kier molecular flexibility index (Phi) is 5.14. The molecule has 1 aromatic rings. The van der Waals surface area contributed by atoms with E-state index < -0.39 is 0 Å². The van der Waals surface area contributed by atoms with E-state index in [4.69, 9.17) is 4.74 Å². The van der Waals surface area contributed by atoms with E-state index >= 15 is 0 Å². The number of carbonyl (C=O) groups is 1. The Hall–Kier alpha value is -1.55. The van der Waals surface area contributed by atoms with E-state index in [2.05, 4.69) is 43.1 Å². The van der Waals surface area contributed by atoms with Gasteiger partial charge in [0, 0.05) is 38.0 Å². The lowest BCUT2D eigenvalue weighted by Crippen LogP contribution is -2.44. The van der Waals surface area contributed by atoms with Crippen LogP contribution in [0.5, 0.6) is 5.75 Å². The number of amides is 1. The number of likely N-dealkylation sites (tertiary alicyclic amines) is 1. The fourth-order valence-electron chi connectivity index (χ4n) is 4.04. The van der Waals surface area contributed by atoms with Crippen molar-refractivity contribution in [3.63, 3.8) is 0 Å². The lowest BCUT2D eigenvalue weighted by atomic mass is 9.92. The Morgan fingerprint density at radius 2 is 2.17 bits per heavy atom. The molecule has 2 aliphatic heterocycles. The highest BCUT2D eigenvalue weighted by Crippen LogP contribution is 2.32. The topological polar surface area (TPSA) is 41.6 Å². The Morgan fingerprint density at radius 3 is 2.88 bits per heavy atom. The van der Waals surface area contributed by atoms with Gasteiger partial charge in [-0.1, -0.05) is 19.9 Å². The summed E-state index contributed by atoms with van der Waals surface area (Å²) in [5.41, 5.74) is 3.98. The van der Waals surface area contributed by atoms with Crippen molar-refractivity contribution in [2.75, 3.05) is 19.7 Å². The second-order valence-electron chi connectivity index (χ2n) is 7.57. The van der Waals surface area contributed by atoms with E-state index in [0.29, 0.717) is 30.9 Å². The molecule has 0 aliphatic carbocycles. The van der Waals surface area contributed by atoms with Gasteiger partial charge < -0.3 is 10.1 Å². The zero-order chi connectivity index (χ0) is 17.3. The molecule has 1 aromatic carbocycles. The molecular formula is C20H30N2O2. The fraction of sp³-hybridized carbons (Fsp3) is 0.650. The number of fused-ring (bicyclic) bond motifs is 1. The Morgan fingerprint density at radius 1 is 1.38 bits per heavy atom. The number of hydrogen-bond acceptors (Lipinski definition) is 3. The van der Waals surface area contributed by atoms with Crippen molar-refractivity contribution in [2.45, 2.75) is 59.0 Å². The molecule has 4 heteroatoms. The summed E-state index contributed by atoms with van der Waals surface area (Å²) >= 11 is 0. The minimum absolute atomic E-state index is 0.228. The Labute approximate surface area is 145 Å². The molecule has 0 spiro atoms. The molecule has 2 saturated heterocycles. The largest absolute Gasteiger partial charge is 0.494 e. The van der Waals surface area contributed by atoms with Crippen LogP contribution in [0.25, 0.3) is 0 Å². The molecule has 0 bridgehead atoms. The van der Waals surface area contributed by atoms with Gasteiger partial charge in [-0.25, -0.2) is 0 Å². The van der Waals surface area contributed by atoms with Gasteiger partial charge in [-0.3, -0.25) is 9.69 Å².